The molecule has 0 spiro atoms. The summed E-state index contributed by atoms with van der Waals surface area (Å²) in [6, 6.07) is 10.5. The van der Waals surface area contributed by atoms with Gasteiger partial charge in [-0.3, -0.25) is 4.79 Å². The van der Waals surface area contributed by atoms with Crippen molar-refractivity contribution in [3.05, 3.63) is 64.2 Å². The third-order valence-corrected chi connectivity index (χ3v) is 5.03. The highest BCUT2D eigenvalue weighted by Gasteiger charge is 2.49. The number of hydrogen-bond acceptors (Lipinski definition) is 4. The fourth-order valence-electron chi connectivity index (χ4n) is 3.09. The van der Waals surface area contributed by atoms with Crippen LogP contribution >= 0.6 is 0 Å². The van der Waals surface area contributed by atoms with Crippen LogP contribution in [-0.4, -0.2) is 30.3 Å². The zero-order valence-electron chi connectivity index (χ0n) is 16.2. The maximum absolute atomic E-state index is 12.9. The molecular weight excluding hydrogens is 342 g/mol. The van der Waals surface area contributed by atoms with E-state index < -0.39 is 17.5 Å². The lowest BCUT2D eigenvalue weighted by Crippen LogP contribution is -2.40. The van der Waals surface area contributed by atoms with Crippen molar-refractivity contribution in [2.24, 2.45) is 5.10 Å². The van der Waals surface area contributed by atoms with E-state index in [4.69, 9.17) is 4.74 Å². The first-order valence-corrected chi connectivity index (χ1v) is 8.69. The molecule has 1 aliphatic rings. The van der Waals surface area contributed by atoms with Crippen LogP contribution in [0.25, 0.3) is 0 Å². The second kappa shape index (κ2) is 6.87. The Labute approximate surface area is 158 Å². The van der Waals surface area contributed by atoms with Gasteiger partial charge in [0.15, 0.2) is 0 Å². The molecule has 6 nitrogen and oxygen atoms in total. The minimum absolute atomic E-state index is 0.421. The van der Waals surface area contributed by atoms with Crippen LogP contribution in [0.3, 0.4) is 0 Å². The summed E-state index contributed by atoms with van der Waals surface area (Å²) in [6.45, 7) is 7.70. The van der Waals surface area contributed by atoms with Crippen LogP contribution in [0, 0.1) is 20.8 Å². The van der Waals surface area contributed by atoms with E-state index >= 15 is 0 Å². The van der Waals surface area contributed by atoms with E-state index in [9.17, 15) is 9.59 Å². The summed E-state index contributed by atoms with van der Waals surface area (Å²) in [5.74, 6) is 0.259. The van der Waals surface area contributed by atoms with Crippen molar-refractivity contribution in [1.29, 1.82) is 0 Å². The maximum atomic E-state index is 12.9. The first-order valence-electron chi connectivity index (χ1n) is 8.69. The largest absolute Gasteiger partial charge is 0.497 e. The first kappa shape index (κ1) is 18.6. The van der Waals surface area contributed by atoms with E-state index in [2.05, 4.69) is 16.5 Å². The molecule has 1 heterocycles. The third kappa shape index (κ3) is 3.30. The molecule has 0 radical (unpaired) electrons. The molecule has 0 bridgehead atoms. The molecule has 0 saturated carbocycles. The van der Waals surface area contributed by atoms with Gasteiger partial charge in [-0.1, -0.05) is 18.2 Å². The minimum atomic E-state index is -1.17. The molecule has 1 atom stereocenters. The van der Waals surface area contributed by atoms with Gasteiger partial charge in [0.1, 0.15) is 11.3 Å². The molecule has 2 aromatic rings. The predicted molar refractivity (Wildman–Crippen MR) is 104 cm³/mol. The van der Waals surface area contributed by atoms with Crippen LogP contribution in [0.5, 0.6) is 5.75 Å². The number of hydrazone groups is 1. The Balaban J connectivity index is 1.88. The zero-order chi connectivity index (χ0) is 19.8. The van der Waals surface area contributed by atoms with Gasteiger partial charge in [-0.05, 0) is 73.7 Å². The highest BCUT2D eigenvalue weighted by atomic mass is 16.5. The molecule has 1 saturated heterocycles. The van der Waals surface area contributed by atoms with Gasteiger partial charge in [-0.25, -0.2) is 4.79 Å². The van der Waals surface area contributed by atoms with Crippen molar-refractivity contribution in [2.45, 2.75) is 33.2 Å². The number of nitrogens with zero attached hydrogens (tertiary/aromatic N) is 2. The number of hydrogen-bond donors (Lipinski definition) is 1. The van der Waals surface area contributed by atoms with Gasteiger partial charge in [0.25, 0.3) is 5.91 Å². The first-order chi connectivity index (χ1) is 12.8. The van der Waals surface area contributed by atoms with Crippen molar-refractivity contribution in [1.82, 2.24) is 10.3 Å². The Kier molecular flexibility index (Phi) is 4.74. The quantitative estimate of drug-likeness (QED) is 0.667. The monoisotopic (exact) mass is 365 g/mol. The molecule has 2 aromatic carbocycles. The predicted octanol–water partition coefficient (Wildman–Crippen LogP) is 3.42. The standard InChI is InChI=1S/C21H23N3O3/c1-13-10-15(3)16(11-14(13)2)12-22-24-19(25)21(4,23-20(24)26)17-6-8-18(27-5)9-7-17/h6-12H,1-5H3,(H,23,26)/b22-12-/t21-/m1/s1. The summed E-state index contributed by atoms with van der Waals surface area (Å²) in [5.41, 5.74) is 3.72. The molecular formula is C21H23N3O3. The number of aryl methyl sites for hydroxylation is 3. The van der Waals surface area contributed by atoms with E-state index in [1.165, 1.54) is 5.56 Å². The van der Waals surface area contributed by atoms with Crippen LogP contribution in [0.2, 0.25) is 0 Å². The fraction of sp³-hybridized carbons (Fsp3) is 0.286. The second-order valence-electron chi connectivity index (χ2n) is 6.94. The van der Waals surface area contributed by atoms with Gasteiger partial charge < -0.3 is 10.1 Å². The third-order valence-electron chi connectivity index (χ3n) is 5.03. The molecule has 0 aromatic heterocycles. The van der Waals surface area contributed by atoms with E-state index in [1.54, 1.807) is 44.5 Å². The Morgan fingerprint density at radius 2 is 1.67 bits per heavy atom. The van der Waals surface area contributed by atoms with Crippen molar-refractivity contribution in [3.63, 3.8) is 0 Å². The summed E-state index contributed by atoms with van der Waals surface area (Å²) in [6.07, 6.45) is 1.55. The van der Waals surface area contributed by atoms with Crippen LogP contribution < -0.4 is 10.1 Å². The van der Waals surface area contributed by atoms with Crippen LogP contribution in [0.4, 0.5) is 4.79 Å². The smallest absolute Gasteiger partial charge is 0.346 e. The van der Waals surface area contributed by atoms with Crippen LogP contribution in [-0.2, 0) is 10.3 Å². The SMILES string of the molecule is COc1ccc([C@@]2(C)NC(=O)N(/N=C\c3cc(C)c(C)cc3C)C2=O)cc1. The highest BCUT2D eigenvalue weighted by Crippen LogP contribution is 2.30. The molecule has 6 heteroatoms. The lowest BCUT2D eigenvalue weighted by Gasteiger charge is -2.21. The van der Waals surface area contributed by atoms with E-state index in [0.717, 1.165) is 21.7 Å². The lowest BCUT2D eigenvalue weighted by atomic mass is 9.92. The Morgan fingerprint density at radius 1 is 1.04 bits per heavy atom. The number of benzene rings is 2. The summed E-state index contributed by atoms with van der Waals surface area (Å²) in [4.78, 5) is 25.3. The number of carbonyl (C=O) groups excluding carboxylic acids is 2. The number of amides is 3. The fourth-order valence-corrected chi connectivity index (χ4v) is 3.09. The van der Waals surface area contributed by atoms with Crippen molar-refractivity contribution in [3.8, 4) is 5.75 Å². The van der Waals surface area contributed by atoms with Gasteiger partial charge in [-0.2, -0.15) is 5.10 Å². The van der Waals surface area contributed by atoms with Crippen LogP contribution in [0.1, 0.15) is 34.7 Å². The Hall–Kier alpha value is -3.15. The van der Waals surface area contributed by atoms with Crippen LogP contribution in [0.15, 0.2) is 41.5 Å². The molecule has 3 amide bonds. The van der Waals surface area contributed by atoms with E-state index in [-0.39, 0.29) is 0 Å². The van der Waals surface area contributed by atoms with Gasteiger partial charge in [-0.15, -0.1) is 5.01 Å². The van der Waals surface area contributed by atoms with Crippen molar-refractivity contribution < 1.29 is 14.3 Å². The van der Waals surface area contributed by atoms with E-state index in [1.807, 2.05) is 26.8 Å². The Morgan fingerprint density at radius 3 is 2.30 bits per heavy atom. The number of imide groups is 1. The van der Waals surface area contributed by atoms with Gasteiger partial charge in [0, 0.05) is 0 Å². The van der Waals surface area contributed by atoms with Crippen molar-refractivity contribution >= 4 is 18.2 Å². The summed E-state index contributed by atoms with van der Waals surface area (Å²) in [7, 11) is 1.57. The van der Waals surface area contributed by atoms with Gasteiger partial charge in [0.05, 0.1) is 13.3 Å². The van der Waals surface area contributed by atoms with Gasteiger partial charge in [0.2, 0.25) is 0 Å². The lowest BCUT2D eigenvalue weighted by molar-refractivity contribution is -0.131. The van der Waals surface area contributed by atoms with E-state index in [0.29, 0.717) is 11.3 Å². The molecule has 0 unspecified atom stereocenters. The summed E-state index contributed by atoms with van der Waals surface area (Å²) >= 11 is 0. The molecule has 0 aliphatic carbocycles. The number of methoxy groups -OCH3 is 1. The molecule has 3 rings (SSSR count). The minimum Gasteiger partial charge on any atom is -0.497 e. The Bertz CT molecular complexity index is 934. The molecule has 27 heavy (non-hydrogen) atoms. The normalized spacial score (nSPS) is 19.7. The summed E-state index contributed by atoms with van der Waals surface area (Å²) in [5, 5.41) is 7.79. The topological polar surface area (TPSA) is 71.0 Å². The average Bonchev–Trinajstić information content (AvgIpc) is 2.87. The number of rotatable bonds is 4. The van der Waals surface area contributed by atoms with Crippen molar-refractivity contribution in [2.75, 3.05) is 7.11 Å². The number of ether oxygens (including phenoxy) is 1. The second-order valence-corrected chi connectivity index (χ2v) is 6.94. The molecule has 140 valence electrons. The van der Waals surface area contributed by atoms with Gasteiger partial charge >= 0.3 is 6.03 Å². The average molecular weight is 365 g/mol. The maximum Gasteiger partial charge on any atom is 0.346 e. The number of carbonyl (C=O) groups is 2. The molecule has 1 aliphatic heterocycles. The zero-order valence-corrected chi connectivity index (χ0v) is 16.2. The number of urea groups is 1. The molecule has 1 N–H and O–H groups in total. The summed E-state index contributed by atoms with van der Waals surface area (Å²) < 4.78 is 5.14. The highest BCUT2D eigenvalue weighted by molar-refractivity contribution is 6.07. The number of nitrogens with one attached hydrogen (secondary N) is 1. The molecule has 1 fully saturated rings.